The zero-order valence-electron chi connectivity index (χ0n) is 14.4. The number of fused-ring (bicyclic) bond motifs is 1. The van der Waals surface area contributed by atoms with Gasteiger partial charge in [-0.25, -0.2) is 8.78 Å². The summed E-state index contributed by atoms with van der Waals surface area (Å²) < 4.78 is 26.2. The zero-order valence-corrected chi connectivity index (χ0v) is 14.4. The summed E-state index contributed by atoms with van der Waals surface area (Å²) in [5.41, 5.74) is 0.622. The molecular weight excluding hydrogens is 328 g/mol. The first kappa shape index (κ1) is 17.8. The van der Waals surface area contributed by atoms with Crippen LogP contribution in [0.25, 0.3) is 0 Å². The Bertz CT molecular complexity index is 680. The Morgan fingerprint density at radius 2 is 2.04 bits per heavy atom. The van der Waals surface area contributed by atoms with Crippen LogP contribution in [0.1, 0.15) is 32.3 Å². The predicted molar refractivity (Wildman–Crippen MR) is 88.5 cm³/mol. The Morgan fingerprint density at radius 1 is 1.28 bits per heavy atom. The zero-order chi connectivity index (χ0) is 18.1. The first-order chi connectivity index (χ1) is 11.8. The van der Waals surface area contributed by atoms with Crippen LogP contribution in [0.15, 0.2) is 18.2 Å². The molecule has 2 aliphatic heterocycles. The van der Waals surface area contributed by atoms with E-state index in [1.807, 2.05) is 13.8 Å². The van der Waals surface area contributed by atoms with E-state index in [-0.39, 0.29) is 17.9 Å². The summed E-state index contributed by atoms with van der Waals surface area (Å²) in [6.07, 6.45) is 1.15. The van der Waals surface area contributed by atoms with E-state index in [1.165, 1.54) is 6.07 Å². The van der Waals surface area contributed by atoms with Crippen molar-refractivity contribution in [1.82, 2.24) is 15.5 Å². The van der Waals surface area contributed by atoms with Gasteiger partial charge in [0.25, 0.3) is 0 Å². The molecule has 0 unspecified atom stereocenters. The fourth-order valence-corrected chi connectivity index (χ4v) is 3.55. The molecule has 0 saturated carbocycles. The fourth-order valence-electron chi connectivity index (χ4n) is 3.55. The Balaban J connectivity index is 1.61. The molecule has 2 saturated heterocycles. The van der Waals surface area contributed by atoms with Gasteiger partial charge >= 0.3 is 0 Å². The van der Waals surface area contributed by atoms with Crippen molar-refractivity contribution < 1.29 is 18.4 Å². The van der Waals surface area contributed by atoms with Crippen LogP contribution in [0.5, 0.6) is 0 Å². The summed E-state index contributed by atoms with van der Waals surface area (Å²) in [5, 5.41) is 6.06. The second-order valence-corrected chi connectivity index (χ2v) is 7.26. The molecule has 7 heteroatoms. The third-order valence-electron chi connectivity index (χ3n) is 4.79. The smallest absolute Gasteiger partial charge is 0.245 e. The van der Waals surface area contributed by atoms with Gasteiger partial charge in [-0.15, -0.1) is 0 Å². The van der Waals surface area contributed by atoms with Crippen molar-refractivity contribution in [3.8, 4) is 0 Å². The molecule has 1 aromatic carbocycles. The third-order valence-corrected chi connectivity index (χ3v) is 4.79. The van der Waals surface area contributed by atoms with Gasteiger partial charge in [-0.1, -0.05) is 19.9 Å². The van der Waals surface area contributed by atoms with Gasteiger partial charge in [-0.3, -0.25) is 9.59 Å². The third kappa shape index (κ3) is 3.81. The van der Waals surface area contributed by atoms with Crippen molar-refractivity contribution in [2.45, 2.75) is 51.4 Å². The summed E-state index contributed by atoms with van der Waals surface area (Å²) in [5.74, 6) is -1.58. The molecule has 136 valence electrons. The summed E-state index contributed by atoms with van der Waals surface area (Å²) in [6, 6.07) is 2.82. The summed E-state index contributed by atoms with van der Waals surface area (Å²) in [7, 11) is 0. The summed E-state index contributed by atoms with van der Waals surface area (Å²) >= 11 is 0. The monoisotopic (exact) mass is 351 g/mol. The highest BCUT2D eigenvalue weighted by Gasteiger charge is 2.46. The van der Waals surface area contributed by atoms with Crippen LogP contribution in [-0.2, 0) is 16.1 Å². The SMILES string of the molecule is CC(C)C[C@@H]1NC(=O)[C@@H]2C[C@H](NCc3ccc(F)c(F)c3)CN2C1=O. The minimum atomic E-state index is -0.880. The maximum atomic E-state index is 13.3. The van der Waals surface area contributed by atoms with Crippen LogP contribution >= 0.6 is 0 Å². The lowest BCUT2D eigenvalue weighted by atomic mass is 9.99. The number of nitrogens with one attached hydrogen (secondary N) is 2. The number of amides is 2. The van der Waals surface area contributed by atoms with Crippen molar-refractivity contribution in [3.63, 3.8) is 0 Å². The van der Waals surface area contributed by atoms with Gasteiger partial charge in [0, 0.05) is 19.1 Å². The highest BCUT2D eigenvalue weighted by Crippen LogP contribution is 2.25. The molecule has 5 nitrogen and oxygen atoms in total. The molecule has 2 fully saturated rings. The topological polar surface area (TPSA) is 61.4 Å². The lowest BCUT2D eigenvalue weighted by Gasteiger charge is -2.35. The van der Waals surface area contributed by atoms with Crippen LogP contribution in [0.4, 0.5) is 8.78 Å². The largest absolute Gasteiger partial charge is 0.342 e. The van der Waals surface area contributed by atoms with E-state index in [9.17, 15) is 18.4 Å². The highest BCUT2D eigenvalue weighted by atomic mass is 19.2. The van der Waals surface area contributed by atoms with E-state index < -0.39 is 23.7 Å². The molecule has 25 heavy (non-hydrogen) atoms. The van der Waals surface area contributed by atoms with Crippen molar-refractivity contribution in [1.29, 1.82) is 0 Å². The van der Waals surface area contributed by atoms with Gasteiger partial charge in [0.15, 0.2) is 11.6 Å². The van der Waals surface area contributed by atoms with Crippen molar-refractivity contribution in [3.05, 3.63) is 35.4 Å². The van der Waals surface area contributed by atoms with Gasteiger partial charge in [0.2, 0.25) is 11.8 Å². The van der Waals surface area contributed by atoms with Crippen molar-refractivity contribution in [2.75, 3.05) is 6.54 Å². The predicted octanol–water partition coefficient (Wildman–Crippen LogP) is 1.57. The summed E-state index contributed by atoms with van der Waals surface area (Å²) in [6.45, 7) is 4.84. The lowest BCUT2D eigenvalue weighted by molar-refractivity contribution is -0.147. The molecule has 3 rings (SSSR count). The van der Waals surface area contributed by atoms with Crippen LogP contribution < -0.4 is 10.6 Å². The molecule has 0 aliphatic carbocycles. The minimum absolute atomic E-state index is 0.0320. The van der Waals surface area contributed by atoms with E-state index >= 15 is 0 Å². The molecule has 2 heterocycles. The number of hydrogen-bond acceptors (Lipinski definition) is 3. The van der Waals surface area contributed by atoms with Crippen LogP contribution in [0.2, 0.25) is 0 Å². The van der Waals surface area contributed by atoms with Crippen molar-refractivity contribution >= 4 is 11.8 Å². The number of rotatable bonds is 5. The van der Waals surface area contributed by atoms with E-state index in [0.29, 0.717) is 37.4 Å². The van der Waals surface area contributed by atoms with Crippen molar-refractivity contribution in [2.24, 2.45) is 5.92 Å². The Kier molecular flexibility index (Phi) is 5.03. The van der Waals surface area contributed by atoms with Gasteiger partial charge in [0.05, 0.1) is 0 Å². The van der Waals surface area contributed by atoms with Crippen LogP contribution in [0, 0.1) is 17.6 Å². The molecule has 2 N–H and O–H groups in total. The highest BCUT2D eigenvalue weighted by molar-refractivity contribution is 5.97. The van der Waals surface area contributed by atoms with Gasteiger partial charge in [0.1, 0.15) is 12.1 Å². The Hall–Kier alpha value is -2.02. The van der Waals surface area contributed by atoms with Crippen LogP contribution in [0.3, 0.4) is 0 Å². The molecule has 1 aromatic rings. The molecule has 0 radical (unpaired) electrons. The average Bonchev–Trinajstić information content (AvgIpc) is 2.98. The lowest BCUT2D eigenvalue weighted by Crippen LogP contribution is -2.61. The maximum absolute atomic E-state index is 13.3. The molecule has 0 aromatic heterocycles. The molecule has 0 bridgehead atoms. The van der Waals surface area contributed by atoms with Gasteiger partial charge in [-0.2, -0.15) is 0 Å². The number of hydrogen-bond donors (Lipinski definition) is 2. The van der Waals surface area contributed by atoms with Gasteiger partial charge in [-0.05, 0) is 36.5 Å². The first-order valence-electron chi connectivity index (χ1n) is 8.63. The van der Waals surface area contributed by atoms with E-state index in [4.69, 9.17) is 0 Å². The number of piperazine rings is 1. The quantitative estimate of drug-likeness (QED) is 0.847. The molecule has 3 atom stereocenters. The second-order valence-electron chi connectivity index (χ2n) is 7.26. The standard InChI is InChI=1S/C18H23F2N3O2/c1-10(2)5-15-18(25)23-9-12(7-16(23)17(24)22-15)21-8-11-3-4-13(19)14(20)6-11/h3-4,6,10,12,15-16,21H,5,7-9H2,1-2H3,(H,22,24)/t12-,15-,16-/m0/s1. The van der Waals surface area contributed by atoms with Gasteiger partial charge < -0.3 is 15.5 Å². The first-order valence-corrected chi connectivity index (χ1v) is 8.63. The molecular formula is C18H23F2N3O2. The number of benzene rings is 1. The molecule has 2 aliphatic rings. The van der Waals surface area contributed by atoms with E-state index in [0.717, 1.165) is 12.1 Å². The molecule has 0 spiro atoms. The Morgan fingerprint density at radius 3 is 2.72 bits per heavy atom. The minimum Gasteiger partial charge on any atom is -0.342 e. The Labute approximate surface area is 145 Å². The van der Waals surface area contributed by atoms with E-state index in [2.05, 4.69) is 10.6 Å². The summed E-state index contributed by atoms with van der Waals surface area (Å²) in [4.78, 5) is 26.5. The van der Waals surface area contributed by atoms with Crippen LogP contribution in [-0.4, -0.2) is 41.4 Å². The number of nitrogens with zero attached hydrogens (tertiary/aromatic N) is 1. The number of carbonyl (C=O) groups is 2. The van der Waals surface area contributed by atoms with E-state index in [1.54, 1.807) is 4.90 Å². The second kappa shape index (κ2) is 7.07. The number of carbonyl (C=O) groups excluding carboxylic acids is 2. The molecule has 2 amide bonds. The fraction of sp³-hybridized carbons (Fsp3) is 0.556. The average molecular weight is 351 g/mol. The number of halogens is 2. The maximum Gasteiger partial charge on any atom is 0.245 e. The normalized spacial score (nSPS) is 26.1.